The summed E-state index contributed by atoms with van der Waals surface area (Å²) in [6, 6.07) is 7.96. The maximum Gasteiger partial charge on any atom is 0.254 e. The lowest BCUT2D eigenvalue weighted by Gasteiger charge is -2.32. The Labute approximate surface area is 139 Å². The van der Waals surface area contributed by atoms with Crippen molar-refractivity contribution in [3.63, 3.8) is 0 Å². The van der Waals surface area contributed by atoms with Gasteiger partial charge in [-0.05, 0) is 57.6 Å². The zero-order chi connectivity index (χ0) is 16.8. The molecular formula is C19H28N2O2. The fourth-order valence-corrected chi connectivity index (χ4v) is 3.14. The molecule has 1 aliphatic rings. The van der Waals surface area contributed by atoms with Crippen LogP contribution in [0.1, 0.15) is 55.5 Å². The van der Waals surface area contributed by atoms with Crippen molar-refractivity contribution in [2.75, 3.05) is 13.1 Å². The van der Waals surface area contributed by atoms with Crippen LogP contribution >= 0.6 is 0 Å². The summed E-state index contributed by atoms with van der Waals surface area (Å²) in [6.07, 6.45) is 3.50. The van der Waals surface area contributed by atoms with E-state index in [0.29, 0.717) is 12.3 Å². The Kier molecular flexibility index (Phi) is 6.20. The number of piperidine rings is 1. The lowest BCUT2D eigenvalue weighted by molar-refractivity contribution is -0.121. The molecule has 1 saturated heterocycles. The zero-order valence-electron chi connectivity index (χ0n) is 14.5. The number of rotatable bonds is 5. The molecule has 1 N–H and O–H groups in total. The van der Waals surface area contributed by atoms with Crippen molar-refractivity contribution in [3.8, 4) is 0 Å². The summed E-state index contributed by atoms with van der Waals surface area (Å²) in [5.41, 5.74) is 1.84. The van der Waals surface area contributed by atoms with Crippen LogP contribution in [0.4, 0.5) is 0 Å². The van der Waals surface area contributed by atoms with Gasteiger partial charge < -0.3 is 10.2 Å². The van der Waals surface area contributed by atoms with Gasteiger partial charge in [-0.2, -0.15) is 0 Å². The van der Waals surface area contributed by atoms with Crippen LogP contribution in [-0.2, 0) is 4.79 Å². The standard InChI is InChI=1S/C19H28N2O2/c1-14(2)20-18(22)9-8-16-10-12-21(13-11-16)19(23)17-7-5-4-6-15(17)3/h4-7,14,16H,8-13H2,1-3H3,(H,20,22). The van der Waals surface area contributed by atoms with E-state index in [9.17, 15) is 9.59 Å². The molecule has 1 aromatic carbocycles. The van der Waals surface area contributed by atoms with Gasteiger partial charge in [0.15, 0.2) is 0 Å². The molecule has 126 valence electrons. The maximum absolute atomic E-state index is 12.6. The molecule has 4 heteroatoms. The first-order valence-electron chi connectivity index (χ1n) is 8.61. The van der Waals surface area contributed by atoms with Gasteiger partial charge in [-0.25, -0.2) is 0 Å². The van der Waals surface area contributed by atoms with Crippen molar-refractivity contribution in [3.05, 3.63) is 35.4 Å². The van der Waals surface area contributed by atoms with E-state index in [1.165, 1.54) is 0 Å². The molecule has 1 aromatic rings. The topological polar surface area (TPSA) is 49.4 Å². The van der Waals surface area contributed by atoms with Gasteiger partial charge in [0.1, 0.15) is 0 Å². The summed E-state index contributed by atoms with van der Waals surface area (Å²) >= 11 is 0. The normalized spacial score (nSPS) is 15.7. The van der Waals surface area contributed by atoms with Crippen molar-refractivity contribution in [2.45, 2.75) is 52.5 Å². The highest BCUT2D eigenvalue weighted by molar-refractivity contribution is 5.95. The van der Waals surface area contributed by atoms with Crippen LogP contribution in [0.2, 0.25) is 0 Å². The first-order chi connectivity index (χ1) is 11.0. The van der Waals surface area contributed by atoms with E-state index in [1.807, 2.05) is 49.9 Å². The number of likely N-dealkylation sites (tertiary alicyclic amines) is 1. The maximum atomic E-state index is 12.6. The first kappa shape index (κ1) is 17.5. The number of nitrogens with zero attached hydrogens (tertiary/aromatic N) is 1. The third-order valence-electron chi connectivity index (χ3n) is 4.51. The lowest BCUT2D eigenvalue weighted by atomic mass is 9.91. The van der Waals surface area contributed by atoms with Crippen LogP contribution in [0.25, 0.3) is 0 Å². The molecule has 0 aromatic heterocycles. The van der Waals surface area contributed by atoms with Gasteiger partial charge in [0, 0.05) is 31.1 Å². The Morgan fingerprint density at radius 1 is 1.22 bits per heavy atom. The number of carbonyl (C=O) groups excluding carboxylic acids is 2. The van der Waals surface area contributed by atoms with E-state index in [4.69, 9.17) is 0 Å². The molecule has 0 saturated carbocycles. The number of amides is 2. The number of benzene rings is 1. The van der Waals surface area contributed by atoms with E-state index >= 15 is 0 Å². The predicted octanol–water partition coefficient (Wildman–Crippen LogP) is 3.15. The van der Waals surface area contributed by atoms with Crippen LogP contribution in [0.3, 0.4) is 0 Å². The second-order valence-corrected chi connectivity index (χ2v) is 6.81. The minimum Gasteiger partial charge on any atom is -0.354 e. The molecule has 0 spiro atoms. The summed E-state index contributed by atoms with van der Waals surface area (Å²) < 4.78 is 0. The van der Waals surface area contributed by atoms with Crippen LogP contribution in [0.5, 0.6) is 0 Å². The Morgan fingerprint density at radius 3 is 2.48 bits per heavy atom. The average molecular weight is 316 g/mol. The van der Waals surface area contributed by atoms with Crippen molar-refractivity contribution in [2.24, 2.45) is 5.92 Å². The molecule has 4 nitrogen and oxygen atoms in total. The van der Waals surface area contributed by atoms with Gasteiger partial charge >= 0.3 is 0 Å². The molecule has 0 radical (unpaired) electrons. The van der Waals surface area contributed by atoms with Gasteiger partial charge in [0.05, 0.1) is 0 Å². The molecule has 0 unspecified atom stereocenters. The summed E-state index contributed by atoms with van der Waals surface area (Å²) in [5, 5.41) is 2.93. The van der Waals surface area contributed by atoms with Crippen LogP contribution < -0.4 is 5.32 Å². The van der Waals surface area contributed by atoms with Gasteiger partial charge in [0.2, 0.25) is 5.91 Å². The summed E-state index contributed by atoms with van der Waals surface area (Å²) in [4.78, 5) is 26.2. The number of hydrogen-bond acceptors (Lipinski definition) is 2. The summed E-state index contributed by atoms with van der Waals surface area (Å²) in [7, 11) is 0. The quantitative estimate of drug-likeness (QED) is 0.907. The highest BCUT2D eigenvalue weighted by Gasteiger charge is 2.24. The predicted molar refractivity (Wildman–Crippen MR) is 92.3 cm³/mol. The van der Waals surface area contributed by atoms with Crippen molar-refractivity contribution < 1.29 is 9.59 Å². The molecule has 0 atom stereocenters. The molecular weight excluding hydrogens is 288 g/mol. The van der Waals surface area contributed by atoms with Crippen LogP contribution in [-0.4, -0.2) is 35.8 Å². The van der Waals surface area contributed by atoms with Gasteiger partial charge in [-0.1, -0.05) is 18.2 Å². The Balaban J connectivity index is 1.79. The third-order valence-corrected chi connectivity index (χ3v) is 4.51. The largest absolute Gasteiger partial charge is 0.354 e. The monoisotopic (exact) mass is 316 g/mol. The van der Waals surface area contributed by atoms with E-state index in [0.717, 1.165) is 43.5 Å². The zero-order valence-corrected chi connectivity index (χ0v) is 14.5. The smallest absolute Gasteiger partial charge is 0.254 e. The first-order valence-corrected chi connectivity index (χ1v) is 8.61. The molecule has 1 heterocycles. The molecule has 0 aliphatic carbocycles. The fourth-order valence-electron chi connectivity index (χ4n) is 3.14. The van der Waals surface area contributed by atoms with Crippen molar-refractivity contribution >= 4 is 11.8 Å². The minimum atomic E-state index is 0.137. The van der Waals surface area contributed by atoms with Gasteiger partial charge in [0.25, 0.3) is 5.91 Å². The third kappa shape index (κ3) is 5.08. The Morgan fingerprint density at radius 2 is 1.87 bits per heavy atom. The lowest BCUT2D eigenvalue weighted by Crippen LogP contribution is -2.39. The Hall–Kier alpha value is -1.84. The summed E-state index contributed by atoms with van der Waals surface area (Å²) in [6.45, 7) is 7.53. The minimum absolute atomic E-state index is 0.137. The van der Waals surface area contributed by atoms with Crippen molar-refractivity contribution in [1.82, 2.24) is 10.2 Å². The molecule has 2 rings (SSSR count). The van der Waals surface area contributed by atoms with E-state index < -0.39 is 0 Å². The average Bonchev–Trinajstić information content (AvgIpc) is 2.53. The molecule has 1 fully saturated rings. The Bertz CT molecular complexity index is 546. The SMILES string of the molecule is Cc1ccccc1C(=O)N1CCC(CCC(=O)NC(C)C)CC1. The number of hydrogen-bond donors (Lipinski definition) is 1. The molecule has 2 amide bonds. The summed E-state index contributed by atoms with van der Waals surface area (Å²) in [5.74, 6) is 0.825. The van der Waals surface area contributed by atoms with Crippen molar-refractivity contribution in [1.29, 1.82) is 0 Å². The molecule has 1 aliphatic heterocycles. The molecule has 23 heavy (non-hydrogen) atoms. The van der Waals surface area contributed by atoms with Gasteiger partial charge in [-0.3, -0.25) is 9.59 Å². The van der Waals surface area contributed by atoms with Crippen LogP contribution in [0.15, 0.2) is 24.3 Å². The number of aryl methyl sites for hydroxylation is 1. The molecule has 0 bridgehead atoms. The highest BCUT2D eigenvalue weighted by atomic mass is 16.2. The van der Waals surface area contributed by atoms with Crippen LogP contribution in [0, 0.1) is 12.8 Å². The van der Waals surface area contributed by atoms with Gasteiger partial charge in [-0.15, -0.1) is 0 Å². The van der Waals surface area contributed by atoms with E-state index in [2.05, 4.69) is 5.32 Å². The van der Waals surface area contributed by atoms with E-state index in [-0.39, 0.29) is 17.9 Å². The fraction of sp³-hybridized carbons (Fsp3) is 0.579. The number of carbonyl (C=O) groups is 2. The number of nitrogens with one attached hydrogen (secondary N) is 1. The second kappa shape index (κ2) is 8.14. The highest BCUT2D eigenvalue weighted by Crippen LogP contribution is 2.23. The second-order valence-electron chi connectivity index (χ2n) is 6.81. The van der Waals surface area contributed by atoms with E-state index in [1.54, 1.807) is 0 Å².